The van der Waals surface area contributed by atoms with Crippen LogP contribution < -0.4 is 16.2 Å². The van der Waals surface area contributed by atoms with Crippen LogP contribution in [0.2, 0.25) is 0 Å². The number of ether oxygens (including phenoxy) is 1. The van der Waals surface area contributed by atoms with Gasteiger partial charge in [-0.25, -0.2) is 0 Å². The first kappa shape index (κ1) is 11.0. The van der Waals surface area contributed by atoms with Crippen molar-refractivity contribution in [3.8, 4) is 5.75 Å². The van der Waals surface area contributed by atoms with E-state index in [0.29, 0.717) is 17.7 Å². The van der Waals surface area contributed by atoms with Gasteiger partial charge in [-0.05, 0) is 38.1 Å². The van der Waals surface area contributed by atoms with Gasteiger partial charge in [0.05, 0.1) is 16.0 Å². The van der Waals surface area contributed by atoms with Crippen molar-refractivity contribution in [1.82, 2.24) is 4.90 Å². The Hall–Kier alpha value is -1.07. The summed E-state index contributed by atoms with van der Waals surface area (Å²) in [6.07, 6.45) is 2.58. The number of hydrogen-bond donors (Lipinski definition) is 2. The lowest BCUT2D eigenvalue weighted by molar-refractivity contribution is 0.207. The molecule has 5 heteroatoms. The van der Waals surface area contributed by atoms with Crippen molar-refractivity contribution >= 4 is 23.1 Å². The molecule has 0 aliphatic carbocycles. The summed E-state index contributed by atoms with van der Waals surface area (Å²) in [7, 11) is 0. The molecule has 0 saturated carbocycles. The van der Waals surface area contributed by atoms with Crippen LogP contribution in [-0.2, 0) is 0 Å². The Morgan fingerprint density at radius 1 is 1.18 bits per heavy atom. The summed E-state index contributed by atoms with van der Waals surface area (Å²) in [5.74, 6) is 0.769. The third kappa shape index (κ3) is 1.93. The second kappa shape index (κ2) is 4.31. The molecular formula is C12H17N3OS. The Morgan fingerprint density at radius 3 is 2.65 bits per heavy atom. The normalized spacial score (nSPS) is 24.4. The number of rotatable bonds is 1. The fourth-order valence-corrected chi connectivity index (χ4v) is 3.65. The summed E-state index contributed by atoms with van der Waals surface area (Å²) in [5, 5.41) is 0.383. The van der Waals surface area contributed by atoms with Crippen LogP contribution >= 0.6 is 11.8 Å². The van der Waals surface area contributed by atoms with Crippen molar-refractivity contribution in [3.05, 3.63) is 12.1 Å². The molecule has 0 radical (unpaired) electrons. The molecule has 2 heterocycles. The molecule has 2 aliphatic rings. The Labute approximate surface area is 105 Å². The molecule has 1 unspecified atom stereocenters. The second-order valence-electron chi connectivity index (χ2n) is 4.53. The van der Waals surface area contributed by atoms with Gasteiger partial charge in [-0.1, -0.05) is 11.8 Å². The van der Waals surface area contributed by atoms with Gasteiger partial charge in [0.1, 0.15) is 6.61 Å². The summed E-state index contributed by atoms with van der Waals surface area (Å²) in [5.41, 5.74) is 13.3. The van der Waals surface area contributed by atoms with Gasteiger partial charge in [0.2, 0.25) is 0 Å². The van der Waals surface area contributed by atoms with E-state index < -0.39 is 0 Å². The van der Waals surface area contributed by atoms with Crippen molar-refractivity contribution in [1.29, 1.82) is 0 Å². The van der Waals surface area contributed by atoms with Crippen LogP contribution in [0, 0.1) is 0 Å². The second-order valence-corrected chi connectivity index (χ2v) is 5.72. The first-order valence-electron chi connectivity index (χ1n) is 5.97. The van der Waals surface area contributed by atoms with Crippen LogP contribution in [-0.4, -0.2) is 30.0 Å². The van der Waals surface area contributed by atoms with Crippen LogP contribution in [0.4, 0.5) is 11.4 Å². The van der Waals surface area contributed by atoms with E-state index in [1.165, 1.54) is 25.9 Å². The Kier molecular flexibility index (Phi) is 2.80. The molecule has 2 aliphatic heterocycles. The number of nitrogens with two attached hydrogens (primary N) is 2. The predicted molar refractivity (Wildman–Crippen MR) is 71.2 cm³/mol. The molecule has 17 heavy (non-hydrogen) atoms. The molecule has 0 aromatic heterocycles. The van der Waals surface area contributed by atoms with Gasteiger partial charge in [-0.15, -0.1) is 0 Å². The molecule has 1 atom stereocenters. The van der Waals surface area contributed by atoms with Gasteiger partial charge in [0.25, 0.3) is 0 Å². The summed E-state index contributed by atoms with van der Waals surface area (Å²) >= 11 is 1.79. The average Bonchev–Trinajstić information content (AvgIpc) is 2.87. The monoisotopic (exact) mass is 251 g/mol. The first-order chi connectivity index (χ1) is 8.25. The standard InChI is InChI=1S/C12H17N3OS/c13-8-3-4-9(14)12-11(8)16-7-10(17-12)15-5-1-2-6-15/h3-4,10H,1-2,5-7,13-14H2. The molecule has 4 nitrogen and oxygen atoms in total. The van der Waals surface area contributed by atoms with Gasteiger partial charge in [-0.3, -0.25) is 4.90 Å². The van der Waals surface area contributed by atoms with Crippen molar-refractivity contribution < 1.29 is 4.74 Å². The van der Waals surface area contributed by atoms with Gasteiger partial charge in [0.15, 0.2) is 5.75 Å². The van der Waals surface area contributed by atoms with Gasteiger partial charge < -0.3 is 16.2 Å². The topological polar surface area (TPSA) is 64.5 Å². The van der Waals surface area contributed by atoms with Crippen molar-refractivity contribution in [2.45, 2.75) is 23.1 Å². The van der Waals surface area contributed by atoms with E-state index in [1.54, 1.807) is 11.8 Å². The quantitative estimate of drug-likeness (QED) is 0.745. The number of benzene rings is 1. The minimum atomic E-state index is 0.383. The molecule has 1 aromatic rings. The predicted octanol–water partition coefficient (Wildman–Crippen LogP) is 1.76. The minimum absolute atomic E-state index is 0.383. The molecule has 1 aromatic carbocycles. The van der Waals surface area contributed by atoms with E-state index >= 15 is 0 Å². The molecular weight excluding hydrogens is 234 g/mol. The zero-order valence-corrected chi connectivity index (χ0v) is 10.5. The largest absolute Gasteiger partial charge is 0.488 e. The van der Waals surface area contributed by atoms with E-state index in [4.69, 9.17) is 16.2 Å². The minimum Gasteiger partial charge on any atom is -0.488 e. The number of thioether (sulfide) groups is 1. The third-order valence-corrected chi connectivity index (χ3v) is 4.71. The van der Waals surface area contributed by atoms with E-state index in [2.05, 4.69) is 4.90 Å². The number of hydrogen-bond acceptors (Lipinski definition) is 5. The highest BCUT2D eigenvalue weighted by atomic mass is 32.2. The number of anilines is 2. The maximum atomic E-state index is 6.00. The lowest BCUT2D eigenvalue weighted by Gasteiger charge is -2.32. The van der Waals surface area contributed by atoms with E-state index in [9.17, 15) is 0 Å². The Morgan fingerprint density at radius 2 is 1.88 bits per heavy atom. The highest BCUT2D eigenvalue weighted by molar-refractivity contribution is 8.00. The smallest absolute Gasteiger partial charge is 0.157 e. The SMILES string of the molecule is Nc1ccc(N)c2c1OCC(N1CCCC1)S2. The Bertz CT molecular complexity index is 432. The molecule has 0 amide bonds. The Balaban J connectivity index is 1.86. The number of fused-ring (bicyclic) bond motifs is 1. The maximum Gasteiger partial charge on any atom is 0.157 e. The van der Waals surface area contributed by atoms with Crippen LogP contribution in [0.3, 0.4) is 0 Å². The van der Waals surface area contributed by atoms with Crippen LogP contribution in [0.1, 0.15) is 12.8 Å². The van der Waals surface area contributed by atoms with E-state index in [0.717, 1.165) is 16.3 Å². The van der Waals surface area contributed by atoms with Crippen LogP contribution in [0.15, 0.2) is 17.0 Å². The molecule has 3 rings (SSSR count). The van der Waals surface area contributed by atoms with Gasteiger partial charge in [0, 0.05) is 5.69 Å². The molecule has 0 spiro atoms. The summed E-state index contributed by atoms with van der Waals surface area (Å²) < 4.78 is 5.79. The summed E-state index contributed by atoms with van der Waals surface area (Å²) in [6.45, 7) is 3.03. The average molecular weight is 251 g/mol. The number of likely N-dealkylation sites (tertiary alicyclic amines) is 1. The lowest BCUT2D eigenvalue weighted by atomic mass is 10.2. The summed E-state index contributed by atoms with van der Waals surface area (Å²) in [4.78, 5) is 3.48. The molecule has 1 fully saturated rings. The lowest BCUT2D eigenvalue weighted by Crippen LogP contribution is -2.36. The van der Waals surface area contributed by atoms with Gasteiger partial charge >= 0.3 is 0 Å². The van der Waals surface area contributed by atoms with Crippen molar-refractivity contribution in [2.75, 3.05) is 31.2 Å². The molecule has 0 bridgehead atoms. The maximum absolute atomic E-state index is 6.00. The third-order valence-electron chi connectivity index (χ3n) is 3.35. The van der Waals surface area contributed by atoms with Crippen LogP contribution in [0.5, 0.6) is 5.75 Å². The first-order valence-corrected chi connectivity index (χ1v) is 6.85. The van der Waals surface area contributed by atoms with E-state index in [1.807, 2.05) is 12.1 Å². The van der Waals surface area contributed by atoms with Crippen molar-refractivity contribution in [3.63, 3.8) is 0 Å². The highest BCUT2D eigenvalue weighted by Crippen LogP contribution is 2.45. The molecule has 1 saturated heterocycles. The molecule has 4 N–H and O–H groups in total. The highest BCUT2D eigenvalue weighted by Gasteiger charge is 2.30. The fourth-order valence-electron chi connectivity index (χ4n) is 2.40. The molecule has 92 valence electrons. The summed E-state index contributed by atoms with van der Waals surface area (Å²) in [6, 6.07) is 3.67. The number of nitrogens with zero attached hydrogens (tertiary/aromatic N) is 1. The van der Waals surface area contributed by atoms with Gasteiger partial charge in [-0.2, -0.15) is 0 Å². The number of nitrogen functional groups attached to an aromatic ring is 2. The van der Waals surface area contributed by atoms with Crippen LogP contribution in [0.25, 0.3) is 0 Å². The van der Waals surface area contributed by atoms with Crippen molar-refractivity contribution in [2.24, 2.45) is 0 Å². The van der Waals surface area contributed by atoms with E-state index in [-0.39, 0.29) is 0 Å². The fraction of sp³-hybridized carbons (Fsp3) is 0.500. The zero-order valence-electron chi connectivity index (χ0n) is 9.69. The zero-order chi connectivity index (χ0) is 11.8.